The highest BCUT2D eigenvalue weighted by Crippen LogP contribution is 2.32. The van der Waals surface area contributed by atoms with E-state index in [1.165, 1.54) is 12.8 Å². The maximum absolute atomic E-state index is 12.1. The molecule has 1 aliphatic carbocycles. The van der Waals surface area contributed by atoms with Crippen LogP contribution in [0.2, 0.25) is 0 Å². The molecule has 4 nitrogen and oxygen atoms in total. The largest absolute Gasteiger partial charge is 0.374 e. The van der Waals surface area contributed by atoms with Crippen LogP contribution in [0.25, 0.3) is 0 Å². The van der Waals surface area contributed by atoms with Gasteiger partial charge in [-0.05, 0) is 32.6 Å². The van der Waals surface area contributed by atoms with Gasteiger partial charge in [-0.2, -0.15) is 0 Å². The molecule has 1 saturated carbocycles. The number of nitrogens with one attached hydrogen (secondary N) is 1. The number of hydroxylamine groups is 1. The Hall–Kier alpha value is -0.610. The average molecular weight is 241 g/mol. The third-order valence-electron chi connectivity index (χ3n) is 4.17. The lowest BCUT2D eigenvalue weighted by Gasteiger charge is -2.19. The van der Waals surface area contributed by atoms with Gasteiger partial charge in [-0.15, -0.1) is 0 Å². The molecule has 0 aromatic carbocycles. The summed E-state index contributed by atoms with van der Waals surface area (Å²) >= 11 is 0. The highest BCUT2D eigenvalue weighted by atomic mass is 16.7. The molecule has 4 unspecified atom stereocenters. The molecule has 0 bridgehead atoms. The standard InChI is InChI=1S/C13H23NO3/c1-8-9(2)16-10(3)12(8)13(15)14-17-11-6-4-5-7-11/h8-12H,4-7H2,1-3H3,(H,14,15). The Kier molecular flexibility index (Phi) is 4.05. The Morgan fingerprint density at radius 2 is 1.82 bits per heavy atom. The molecule has 0 aromatic rings. The predicted molar refractivity (Wildman–Crippen MR) is 64.1 cm³/mol. The van der Waals surface area contributed by atoms with Crippen LogP contribution in [-0.2, 0) is 14.4 Å². The second kappa shape index (κ2) is 5.36. The first kappa shape index (κ1) is 12.8. The molecule has 1 saturated heterocycles. The minimum absolute atomic E-state index is 0.0211. The van der Waals surface area contributed by atoms with Gasteiger partial charge >= 0.3 is 0 Å². The Balaban J connectivity index is 1.82. The van der Waals surface area contributed by atoms with E-state index in [1.54, 1.807) is 0 Å². The van der Waals surface area contributed by atoms with Crippen molar-refractivity contribution in [2.75, 3.05) is 0 Å². The molecule has 4 heteroatoms. The fraction of sp³-hybridized carbons (Fsp3) is 0.923. The van der Waals surface area contributed by atoms with Crippen LogP contribution in [0.1, 0.15) is 46.5 Å². The van der Waals surface area contributed by atoms with Gasteiger partial charge in [-0.25, -0.2) is 5.48 Å². The molecule has 2 aliphatic rings. The molecule has 0 aromatic heterocycles. The quantitative estimate of drug-likeness (QED) is 0.769. The summed E-state index contributed by atoms with van der Waals surface area (Å²) in [6.07, 6.45) is 4.86. The Labute approximate surface area is 103 Å². The molecule has 0 spiro atoms. The van der Waals surface area contributed by atoms with Crippen LogP contribution >= 0.6 is 0 Å². The van der Waals surface area contributed by atoms with Crippen LogP contribution in [0, 0.1) is 11.8 Å². The van der Waals surface area contributed by atoms with Gasteiger partial charge in [-0.1, -0.05) is 19.8 Å². The molecule has 98 valence electrons. The average Bonchev–Trinajstić information content (AvgIpc) is 2.86. The summed E-state index contributed by atoms with van der Waals surface area (Å²) in [5.41, 5.74) is 2.63. The number of carbonyl (C=O) groups excluding carboxylic acids is 1. The molecular weight excluding hydrogens is 218 g/mol. The van der Waals surface area contributed by atoms with E-state index < -0.39 is 0 Å². The van der Waals surface area contributed by atoms with Crippen molar-refractivity contribution in [1.29, 1.82) is 0 Å². The maximum atomic E-state index is 12.1. The number of ether oxygens (including phenoxy) is 1. The van der Waals surface area contributed by atoms with Gasteiger partial charge in [0.05, 0.1) is 24.2 Å². The van der Waals surface area contributed by atoms with E-state index in [-0.39, 0.29) is 36.1 Å². The summed E-state index contributed by atoms with van der Waals surface area (Å²) in [7, 11) is 0. The first-order valence-corrected chi connectivity index (χ1v) is 6.70. The van der Waals surface area contributed by atoms with Crippen molar-refractivity contribution in [2.45, 2.75) is 64.8 Å². The third kappa shape index (κ3) is 2.80. The van der Waals surface area contributed by atoms with Crippen molar-refractivity contribution in [2.24, 2.45) is 11.8 Å². The lowest BCUT2D eigenvalue weighted by molar-refractivity contribution is -0.144. The SMILES string of the molecule is CC1OC(C)C(C(=O)NOC2CCCC2)C1C. The summed E-state index contributed by atoms with van der Waals surface area (Å²) in [5.74, 6) is 0.129. The second-order valence-corrected chi connectivity index (χ2v) is 5.42. The van der Waals surface area contributed by atoms with E-state index in [2.05, 4.69) is 12.4 Å². The number of rotatable bonds is 3. The van der Waals surface area contributed by atoms with Crippen LogP contribution < -0.4 is 5.48 Å². The summed E-state index contributed by atoms with van der Waals surface area (Å²) in [6, 6.07) is 0. The van der Waals surface area contributed by atoms with E-state index in [4.69, 9.17) is 9.57 Å². The van der Waals surface area contributed by atoms with Crippen LogP contribution in [0.4, 0.5) is 0 Å². The van der Waals surface area contributed by atoms with Crippen LogP contribution in [0.5, 0.6) is 0 Å². The van der Waals surface area contributed by atoms with E-state index >= 15 is 0 Å². The summed E-state index contributed by atoms with van der Waals surface area (Å²) in [6.45, 7) is 6.04. The van der Waals surface area contributed by atoms with Gasteiger partial charge in [0, 0.05) is 0 Å². The lowest BCUT2D eigenvalue weighted by atomic mass is 9.89. The van der Waals surface area contributed by atoms with Crippen molar-refractivity contribution in [3.63, 3.8) is 0 Å². The topological polar surface area (TPSA) is 47.6 Å². The van der Waals surface area contributed by atoms with Crippen LogP contribution in [0.3, 0.4) is 0 Å². The molecule has 17 heavy (non-hydrogen) atoms. The zero-order valence-electron chi connectivity index (χ0n) is 10.9. The van der Waals surface area contributed by atoms with Gasteiger partial charge in [-0.3, -0.25) is 9.63 Å². The number of carbonyl (C=O) groups is 1. The Bertz CT molecular complexity index is 276. The van der Waals surface area contributed by atoms with Crippen LogP contribution in [-0.4, -0.2) is 24.2 Å². The van der Waals surface area contributed by atoms with Crippen molar-refractivity contribution in [3.05, 3.63) is 0 Å². The number of hydrogen-bond donors (Lipinski definition) is 1. The highest BCUT2D eigenvalue weighted by Gasteiger charge is 2.41. The molecule has 2 fully saturated rings. The fourth-order valence-electron chi connectivity index (χ4n) is 2.93. The third-order valence-corrected chi connectivity index (χ3v) is 4.17. The van der Waals surface area contributed by atoms with Gasteiger partial charge in [0.1, 0.15) is 0 Å². The molecule has 0 radical (unpaired) electrons. The monoisotopic (exact) mass is 241 g/mol. The minimum Gasteiger partial charge on any atom is -0.374 e. The minimum atomic E-state index is -0.0913. The molecule has 2 rings (SSSR count). The highest BCUT2D eigenvalue weighted by molar-refractivity contribution is 5.78. The normalized spacial score (nSPS) is 38.5. The fourth-order valence-corrected chi connectivity index (χ4v) is 2.93. The zero-order valence-corrected chi connectivity index (χ0v) is 10.9. The molecular formula is C13H23NO3. The van der Waals surface area contributed by atoms with Crippen molar-refractivity contribution >= 4 is 5.91 Å². The smallest absolute Gasteiger partial charge is 0.249 e. The van der Waals surface area contributed by atoms with Crippen LogP contribution in [0.15, 0.2) is 0 Å². The van der Waals surface area contributed by atoms with Crippen molar-refractivity contribution < 1.29 is 14.4 Å². The zero-order chi connectivity index (χ0) is 12.4. The first-order chi connectivity index (χ1) is 8.09. The van der Waals surface area contributed by atoms with E-state index in [0.717, 1.165) is 12.8 Å². The van der Waals surface area contributed by atoms with Gasteiger partial charge in [0.2, 0.25) is 5.91 Å². The van der Waals surface area contributed by atoms with Gasteiger partial charge in [0.25, 0.3) is 0 Å². The molecule has 1 heterocycles. The molecule has 4 atom stereocenters. The molecule has 1 amide bonds. The lowest BCUT2D eigenvalue weighted by Crippen LogP contribution is -2.38. The van der Waals surface area contributed by atoms with E-state index in [0.29, 0.717) is 0 Å². The number of amides is 1. The summed E-state index contributed by atoms with van der Waals surface area (Å²) < 4.78 is 5.66. The number of hydrogen-bond acceptors (Lipinski definition) is 3. The predicted octanol–water partition coefficient (Wildman–Crippen LogP) is 2.04. The van der Waals surface area contributed by atoms with Gasteiger partial charge in [0.15, 0.2) is 0 Å². The van der Waals surface area contributed by atoms with Crippen molar-refractivity contribution in [3.8, 4) is 0 Å². The maximum Gasteiger partial charge on any atom is 0.249 e. The Morgan fingerprint density at radius 3 is 2.35 bits per heavy atom. The molecule has 1 aliphatic heterocycles. The summed E-state index contributed by atoms with van der Waals surface area (Å²) in [4.78, 5) is 17.5. The van der Waals surface area contributed by atoms with Gasteiger partial charge < -0.3 is 4.74 Å². The Morgan fingerprint density at radius 1 is 1.18 bits per heavy atom. The van der Waals surface area contributed by atoms with E-state index in [9.17, 15) is 4.79 Å². The second-order valence-electron chi connectivity index (χ2n) is 5.42. The first-order valence-electron chi connectivity index (χ1n) is 6.70. The summed E-state index contributed by atoms with van der Waals surface area (Å²) in [5, 5.41) is 0. The van der Waals surface area contributed by atoms with Crippen molar-refractivity contribution in [1.82, 2.24) is 5.48 Å². The molecule has 1 N–H and O–H groups in total. The van der Waals surface area contributed by atoms with E-state index in [1.807, 2.05) is 13.8 Å².